The summed E-state index contributed by atoms with van der Waals surface area (Å²) in [5.41, 5.74) is 5.37. The standard InChI is InChI=1S/C20H18N2/c1-3-15(14-21)13-16(4-2)22-19-11-7-5-9-17(19)18-10-6-8-12-20(18)22/h3-5,7-9,11-13H,1,6,10H2,2H3/b15-13+,16-4+. The number of aryl methyl sites for hydroxylation is 1. The van der Waals surface area contributed by atoms with E-state index in [1.807, 2.05) is 19.1 Å². The largest absolute Gasteiger partial charge is 0.310 e. The molecule has 2 aromatic rings. The van der Waals surface area contributed by atoms with Crippen LogP contribution in [-0.2, 0) is 6.42 Å². The van der Waals surface area contributed by atoms with Gasteiger partial charge in [-0.05, 0) is 43.5 Å². The molecule has 0 saturated heterocycles. The van der Waals surface area contributed by atoms with E-state index in [1.54, 1.807) is 6.08 Å². The van der Waals surface area contributed by atoms with Gasteiger partial charge in [0.15, 0.2) is 0 Å². The molecule has 0 unspecified atom stereocenters. The Balaban J connectivity index is 2.32. The Hall–Kier alpha value is -2.79. The Labute approximate surface area is 131 Å². The summed E-state index contributed by atoms with van der Waals surface area (Å²) in [4.78, 5) is 0. The zero-order chi connectivity index (χ0) is 15.5. The number of fused-ring (bicyclic) bond motifs is 3. The third kappa shape index (κ3) is 2.21. The maximum atomic E-state index is 9.18. The van der Waals surface area contributed by atoms with Crippen LogP contribution in [0.1, 0.15) is 24.6 Å². The SMILES string of the molecule is C=C/C(C#N)=C\C(=C/C)n1c2c(c3ccccc31)CCC=C2. The van der Waals surface area contributed by atoms with Gasteiger partial charge in [-0.3, -0.25) is 0 Å². The van der Waals surface area contributed by atoms with E-state index < -0.39 is 0 Å². The lowest BCUT2D eigenvalue weighted by Gasteiger charge is -2.13. The lowest BCUT2D eigenvalue weighted by Crippen LogP contribution is -2.01. The lowest BCUT2D eigenvalue weighted by molar-refractivity contribution is 0.974. The summed E-state index contributed by atoms with van der Waals surface area (Å²) < 4.78 is 2.24. The molecule has 0 saturated carbocycles. The number of nitrogens with zero attached hydrogens (tertiary/aromatic N) is 2. The quantitative estimate of drug-likeness (QED) is 0.570. The molecule has 1 aliphatic carbocycles. The summed E-state index contributed by atoms with van der Waals surface area (Å²) in [6.07, 6.45) is 12.1. The highest BCUT2D eigenvalue weighted by Crippen LogP contribution is 2.34. The van der Waals surface area contributed by atoms with E-state index in [1.165, 1.54) is 22.2 Å². The Bertz CT molecular complexity index is 867. The average molecular weight is 286 g/mol. The van der Waals surface area contributed by atoms with Crippen molar-refractivity contribution in [3.05, 3.63) is 72.0 Å². The molecule has 0 amide bonds. The first-order valence-electron chi connectivity index (χ1n) is 7.50. The monoisotopic (exact) mass is 286 g/mol. The molecule has 0 atom stereocenters. The summed E-state index contributed by atoms with van der Waals surface area (Å²) in [5.74, 6) is 0. The topological polar surface area (TPSA) is 28.7 Å². The fraction of sp³-hybridized carbons (Fsp3) is 0.150. The molecule has 1 aliphatic rings. The maximum absolute atomic E-state index is 9.18. The summed E-state index contributed by atoms with van der Waals surface area (Å²) in [6, 6.07) is 10.6. The molecule has 1 aromatic carbocycles. The molecule has 22 heavy (non-hydrogen) atoms. The van der Waals surface area contributed by atoms with Gasteiger partial charge >= 0.3 is 0 Å². The highest BCUT2D eigenvalue weighted by atomic mass is 15.0. The van der Waals surface area contributed by atoms with E-state index >= 15 is 0 Å². The molecule has 0 radical (unpaired) electrons. The number of benzene rings is 1. The first-order chi connectivity index (χ1) is 10.8. The van der Waals surface area contributed by atoms with Gasteiger partial charge in [0, 0.05) is 16.8 Å². The van der Waals surface area contributed by atoms with Gasteiger partial charge in [0.2, 0.25) is 0 Å². The van der Waals surface area contributed by atoms with Gasteiger partial charge in [-0.1, -0.05) is 43.0 Å². The van der Waals surface area contributed by atoms with Crippen molar-refractivity contribution in [3.63, 3.8) is 0 Å². The number of para-hydroxylation sites is 1. The van der Waals surface area contributed by atoms with Crippen molar-refractivity contribution in [2.45, 2.75) is 19.8 Å². The third-order valence-electron chi connectivity index (χ3n) is 4.06. The van der Waals surface area contributed by atoms with Gasteiger partial charge in [-0.15, -0.1) is 0 Å². The van der Waals surface area contributed by atoms with Crippen LogP contribution in [0, 0.1) is 11.3 Å². The van der Waals surface area contributed by atoms with E-state index in [-0.39, 0.29) is 0 Å². The van der Waals surface area contributed by atoms with E-state index in [9.17, 15) is 5.26 Å². The van der Waals surface area contributed by atoms with Crippen LogP contribution in [-0.4, -0.2) is 4.57 Å². The number of hydrogen-bond acceptors (Lipinski definition) is 1. The second-order valence-electron chi connectivity index (χ2n) is 5.29. The van der Waals surface area contributed by atoms with Gasteiger partial charge in [-0.2, -0.15) is 5.26 Å². The number of hydrogen-bond donors (Lipinski definition) is 0. The van der Waals surface area contributed by atoms with E-state index in [2.05, 4.69) is 53.6 Å². The molecule has 108 valence electrons. The predicted molar refractivity (Wildman–Crippen MR) is 93.1 cm³/mol. The molecule has 0 N–H and O–H groups in total. The lowest BCUT2D eigenvalue weighted by atomic mass is 10.0. The van der Waals surface area contributed by atoms with Crippen molar-refractivity contribution < 1.29 is 0 Å². The van der Waals surface area contributed by atoms with Crippen LogP contribution in [0.4, 0.5) is 0 Å². The zero-order valence-corrected chi connectivity index (χ0v) is 12.7. The van der Waals surface area contributed by atoms with Crippen molar-refractivity contribution in [1.82, 2.24) is 4.57 Å². The van der Waals surface area contributed by atoms with Gasteiger partial charge in [0.05, 0.1) is 17.2 Å². The van der Waals surface area contributed by atoms with Crippen LogP contribution >= 0.6 is 0 Å². The van der Waals surface area contributed by atoms with Crippen LogP contribution in [0.2, 0.25) is 0 Å². The molecular weight excluding hydrogens is 268 g/mol. The molecule has 2 nitrogen and oxygen atoms in total. The van der Waals surface area contributed by atoms with Crippen LogP contribution in [0.15, 0.2) is 60.7 Å². The number of nitriles is 1. The summed E-state index contributed by atoms with van der Waals surface area (Å²) >= 11 is 0. The van der Waals surface area contributed by atoms with Crippen molar-refractivity contribution in [2.24, 2.45) is 0 Å². The second-order valence-corrected chi connectivity index (χ2v) is 5.29. The van der Waals surface area contributed by atoms with Crippen LogP contribution in [0.5, 0.6) is 0 Å². The molecular formula is C20H18N2. The molecule has 1 heterocycles. The van der Waals surface area contributed by atoms with Gasteiger partial charge in [-0.25, -0.2) is 0 Å². The minimum atomic E-state index is 0.569. The summed E-state index contributed by atoms with van der Waals surface area (Å²) in [6.45, 7) is 5.71. The minimum absolute atomic E-state index is 0.569. The van der Waals surface area contributed by atoms with Crippen LogP contribution < -0.4 is 0 Å². The van der Waals surface area contributed by atoms with Gasteiger partial charge < -0.3 is 4.57 Å². The number of aromatic nitrogens is 1. The molecule has 3 rings (SSSR count). The Morgan fingerprint density at radius 1 is 1.36 bits per heavy atom. The Kier molecular flexibility index (Phi) is 3.80. The molecule has 2 heteroatoms. The predicted octanol–water partition coefficient (Wildman–Crippen LogP) is 5.10. The smallest absolute Gasteiger partial charge is 0.0992 e. The number of rotatable bonds is 3. The number of allylic oxidation sites excluding steroid dienone is 6. The summed E-state index contributed by atoms with van der Waals surface area (Å²) in [5, 5.41) is 10.5. The van der Waals surface area contributed by atoms with E-state index in [4.69, 9.17) is 0 Å². The van der Waals surface area contributed by atoms with Crippen molar-refractivity contribution in [2.75, 3.05) is 0 Å². The van der Waals surface area contributed by atoms with Crippen molar-refractivity contribution in [3.8, 4) is 6.07 Å². The summed E-state index contributed by atoms with van der Waals surface area (Å²) in [7, 11) is 0. The molecule has 0 fully saturated rings. The minimum Gasteiger partial charge on any atom is -0.310 e. The fourth-order valence-corrected chi connectivity index (χ4v) is 3.04. The molecule has 0 bridgehead atoms. The molecule has 0 spiro atoms. The molecule has 0 aliphatic heterocycles. The maximum Gasteiger partial charge on any atom is 0.0992 e. The van der Waals surface area contributed by atoms with E-state index in [0.717, 1.165) is 18.5 Å². The third-order valence-corrected chi connectivity index (χ3v) is 4.06. The Morgan fingerprint density at radius 2 is 2.18 bits per heavy atom. The highest BCUT2D eigenvalue weighted by Gasteiger charge is 2.18. The fourth-order valence-electron chi connectivity index (χ4n) is 3.04. The van der Waals surface area contributed by atoms with Gasteiger partial charge in [0.1, 0.15) is 0 Å². The zero-order valence-electron chi connectivity index (χ0n) is 12.7. The van der Waals surface area contributed by atoms with Crippen molar-refractivity contribution >= 4 is 22.7 Å². The normalized spacial score (nSPS) is 14.7. The molecule has 1 aromatic heterocycles. The van der Waals surface area contributed by atoms with Crippen molar-refractivity contribution in [1.29, 1.82) is 5.26 Å². The Morgan fingerprint density at radius 3 is 2.91 bits per heavy atom. The first kappa shape index (κ1) is 14.2. The average Bonchev–Trinajstić information content (AvgIpc) is 2.91. The second kappa shape index (κ2) is 5.91. The van der Waals surface area contributed by atoms with E-state index in [0.29, 0.717) is 5.57 Å². The highest BCUT2D eigenvalue weighted by molar-refractivity contribution is 5.93. The van der Waals surface area contributed by atoms with Gasteiger partial charge in [0.25, 0.3) is 0 Å². The first-order valence-corrected chi connectivity index (χ1v) is 7.50. The van der Waals surface area contributed by atoms with Crippen LogP contribution in [0.25, 0.3) is 22.7 Å². The van der Waals surface area contributed by atoms with Crippen LogP contribution in [0.3, 0.4) is 0 Å².